The first-order chi connectivity index (χ1) is 16.6. The Morgan fingerprint density at radius 3 is 2.65 bits per heavy atom. The SMILES string of the molecule is CCOC(=O)c1nn(-c2ccccc2)c(=O)c2c(NC(=O)C3COc4ccccc4O3)scc12. The molecule has 4 aromatic rings. The van der Waals surface area contributed by atoms with Gasteiger partial charge < -0.3 is 19.5 Å². The fourth-order valence-electron chi connectivity index (χ4n) is 3.58. The van der Waals surface area contributed by atoms with E-state index in [1.165, 1.54) is 0 Å². The summed E-state index contributed by atoms with van der Waals surface area (Å²) in [6.07, 6.45) is -0.908. The van der Waals surface area contributed by atoms with Crippen molar-refractivity contribution in [1.29, 1.82) is 0 Å². The normalized spacial score (nSPS) is 14.6. The fourth-order valence-corrected chi connectivity index (χ4v) is 4.52. The lowest BCUT2D eigenvalue weighted by Gasteiger charge is -2.25. The molecular formula is C24H19N3O6S. The lowest BCUT2D eigenvalue weighted by Crippen LogP contribution is -2.40. The summed E-state index contributed by atoms with van der Waals surface area (Å²) in [7, 11) is 0. The molecule has 0 spiro atoms. The van der Waals surface area contributed by atoms with Crippen molar-refractivity contribution in [1.82, 2.24) is 9.78 Å². The third kappa shape index (κ3) is 3.88. The Morgan fingerprint density at radius 2 is 1.88 bits per heavy atom. The van der Waals surface area contributed by atoms with Gasteiger partial charge in [0.1, 0.15) is 11.6 Å². The van der Waals surface area contributed by atoms with E-state index in [0.717, 1.165) is 16.0 Å². The van der Waals surface area contributed by atoms with Crippen molar-refractivity contribution in [3.05, 3.63) is 76.0 Å². The molecule has 5 rings (SSSR count). The van der Waals surface area contributed by atoms with Gasteiger partial charge in [0.05, 0.1) is 17.7 Å². The summed E-state index contributed by atoms with van der Waals surface area (Å²) in [5.74, 6) is -0.110. The minimum absolute atomic E-state index is 0.0109. The molecule has 1 unspecified atom stereocenters. The van der Waals surface area contributed by atoms with E-state index in [-0.39, 0.29) is 29.3 Å². The molecule has 1 atom stereocenters. The van der Waals surface area contributed by atoms with Crippen molar-refractivity contribution < 1.29 is 23.8 Å². The number of hydrogen-bond acceptors (Lipinski definition) is 8. The van der Waals surface area contributed by atoms with Gasteiger partial charge >= 0.3 is 5.97 Å². The molecule has 172 valence electrons. The van der Waals surface area contributed by atoms with E-state index in [9.17, 15) is 14.4 Å². The van der Waals surface area contributed by atoms with Crippen LogP contribution in [0.3, 0.4) is 0 Å². The van der Waals surface area contributed by atoms with Crippen LogP contribution in [0, 0.1) is 0 Å². The van der Waals surface area contributed by atoms with Gasteiger partial charge in [-0.25, -0.2) is 4.79 Å². The Labute approximate surface area is 197 Å². The van der Waals surface area contributed by atoms with Crippen molar-refractivity contribution in [2.24, 2.45) is 0 Å². The van der Waals surface area contributed by atoms with Crippen LogP contribution < -0.4 is 20.3 Å². The number of hydrogen-bond donors (Lipinski definition) is 1. The van der Waals surface area contributed by atoms with Gasteiger partial charge in [-0.15, -0.1) is 11.3 Å². The molecule has 3 heterocycles. The summed E-state index contributed by atoms with van der Waals surface area (Å²) >= 11 is 1.12. The number of esters is 1. The number of amides is 1. The number of aromatic nitrogens is 2. The zero-order chi connectivity index (χ0) is 23.7. The largest absolute Gasteiger partial charge is 0.485 e. The molecule has 34 heavy (non-hydrogen) atoms. The Hall–Kier alpha value is -4.18. The minimum Gasteiger partial charge on any atom is -0.485 e. The van der Waals surface area contributed by atoms with Crippen LogP contribution in [0.2, 0.25) is 0 Å². The van der Waals surface area contributed by atoms with Crippen LogP contribution in [0.1, 0.15) is 17.4 Å². The number of ether oxygens (including phenoxy) is 3. The van der Waals surface area contributed by atoms with Crippen molar-refractivity contribution in [3.8, 4) is 17.2 Å². The van der Waals surface area contributed by atoms with Crippen molar-refractivity contribution >= 4 is 39.0 Å². The summed E-state index contributed by atoms with van der Waals surface area (Å²) in [4.78, 5) is 39.0. The standard InChI is InChI=1S/C24H19N3O6S/c1-2-31-24(30)20-15-13-34-22(19(15)23(29)27(26-20)14-8-4-3-5-9-14)25-21(28)18-12-32-16-10-6-7-11-17(16)33-18/h3-11,13,18H,2,12H2,1H3,(H,25,28). The summed E-state index contributed by atoms with van der Waals surface area (Å²) in [6.45, 7) is 1.86. The van der Waals surface area contributed by atoms with E-state index in [0.29, 0.717) is 22.6 Å². The number of fused-ring (bicyclic) bond motifs is 2. The second kappa shape index (κ2) is 8.99. The van der Waals surface area contributed by atoms with Crippen molar-refractivity contribution in [2.45, 2.75) is 13.0 Å². The van der Waals surface area contributed by atoms with Gasteiger partial charge in [0.2, 0.25) is 6.10 Å². The highest BCUT2D eigenvalue weighted by Crippen LogP contribution is 2.33. The summed E-state index contributed by atoms with van der Waals surface area (Å²) in [6, 6.07) is 15.8. The van der Waals surface area contributed by atoms with Crippen LogP contribution in [0.25, 0.3) is 16.5 Å². The number of thiophene rings is 1. The topological polar surface area (TPSA) is 109 Å². The zero-order valence-electron chi connectivity index (χ0n) is 18.0. The van der Waals surface area contributed by atoms with Crippen LogP contribution in [0.15, 0.2) is 64.8 Å². The monoisotopic (exact) mass is 477 g/mol. The summed E-state index contributed by atoms with van der Waals surface area (Å²) in [5, 5.41) is 9.40. The molecule has 1 N–H and O–H groups in total. The van der Waals surface area contributed by atoms with Gasteiger partial charge in [-0.2, -0.15) is 9.78 Å². The van der Waals surface area contributed by atoms with E-state index < -0.39 is 23.5 Å². The van der Waals surface area contributed by atoms with Crippen LogP contribution in [0.5, 0.6) is 11.5 Å². The molecule has 0 saturated carbocycles. The molecule has 1 aliphatic rings. The number of anilines is 1. The number of carbonyl (C=O) groups excluding carboxylic acids is 2. The Balaban J connectivity index is 1.54. The number of para-hydroxylation sites is 3. The quantitative estimate of drug-likeness (QED) is 0.439. The maximum absolute atomic E-state index is 13.4. The number of carbonyl (C=O) groups is 2. The van der Waals surface area contributed by atoms with Crippen LogP contribution >= 0.6 is 11.3 Å². The van der Waals surface area contributed by atoms with Gasteiger partial charge in [0.25, 0.3) is 11.5 Å². The lowest BCUT2D eigenvalue weighted by atomic mass is 10.2. The van der Waals surface area contributed by atoms with Gasteiger partial charge in [-0.1, -0.05) is 30.3 Å². The highest BCUT2D eigenvalue weighted by molar-refractivity contribution is 7.16. The number of nitrogens with one attached hydrogen (secondary N) is 1. The smallest absolute Gasteiger partial charge is 0.359 e. The molecule has 0 bridgehead atoms. The van der Waals surface area contributed by atoms with Gasteiger partial charge in [-0.3, -0.25) is 9.59 Å². The van der Waals surface area contributed by atoms with Gasteiger partial charge in [0, 0.05) is 10.8 Å². The summed E-state index contributed by atoms with van der Waals surface area (Å²) in [5.41, 5.74) is -0.00997. The molecule has 2 aromatic carbocycles. The molecular weight excluding hydrogens is 458 g/mol. The first-order valence-electron chi connectivity index (χ1n) is 10.5. The van der Waals surface area contributed by atoms with Crippen LogP contribution in [-0.4, -0.2) is 41.0 Å². The second-order valence-corrected chi connectivity index (χ2v) is 8.21. The van der Waals surface area contributed by atoms with Crippen LogP contribution in [0.4, 0.5) is 5.00 Å². The van der Waals surface area contributed by atoms with E-state index in [1.54, 1.807) is 60.8 Å². The van der Waals surface area contributed by atoms with Gasteiger partial charge in [0.15, 0.2) is 17.2 Å². The fraction of sp³-hybridized carbons (Fsp3) is 0.167. The molecule has 10 heteroatoms. The van der Waals surface area contributed by atoms with E-state index in [1.807, 2.05) is 6.07 Å². The molecule has 9 nitrogen and oxygen atoms in total. The third-order valence-electron chi connectivity index (χ3n) is 5.16. The number of nitrogens with zero attached hydrogens (tertiary/aromatic N) is 2. The number of benzene rings is 2. The molecule has 0 aliphatic carbocycles. The minimum atomic E-state index is -0.908. The lowest BCUT2D eigenvalue weighted by molar-refractivity contribution is -0.125. The van der Waals surface area contributed by atoms with E-state index in [4.69, 9.17) is 14.2 Å². The average Bonchev–Trinajstić information content (AvgIpc) is 3.28. The average molecular weight is 477 g/mol. The predicted octanol–water partition coefficient (Wildman–Crippen LogP) is 3.40. The molecule has 0 fully saturated rings. The Morgan fingerprint density at radius 1 is 1.15 bits per heavy atom. The van der Waals surface area contributed by atoms with Crippen molar-refractivity contribution in [2.75, 3.05) is 18.5 Å². The Kier molecular flexibility index (Phi) is 5.72. The van der Waals surface area contributed by atoms with E-state index in [2.05, 4.69) is 10.4 Å². The maximum Gasteiger partial charge on any atom is 0.359 e. The Bertz CT molecular complexity index is 1450. The second-order valence-electron chi connectivity index (χ2n) is 7.33. The molecule has 2 aromatic heterocycles. The highest BCUT2D eigenvalue weighted by atomic mass is 32.1. The zero-order valence-corrected chi connectivity index (χ0v) is 18.8. The molecule has 0 saturated heterocycles. The summed E-state index contributed by atoms with van der Waals surface area (Å²) < 4.78 is 17.7. The number of rotatable bonds is 5. The third-order valence-corrected chi connectivity index (χ3v) is 6.06. The van der Waals surface area contributed by atoms with Crippen molar-refractivity contribution in [3.63, 3.8) is 0 Å². The van der Waals surface area contributed by atoms with E-state index >= 15 is 0 Å². The first-order valence-corrected chi connectivity index (χ1v) is 11.4. The molecule has 1 aliphatic heterocycles. The highest BCUT2D eigenvalue weighted by Gasteiger charge is 2.29. The maximum atomic E-state index is 13.4. The first kappa shape index (κ1) is 21.7. The van der Waals surface area contributed by atoms with Gasteiger partial charge in [-0.05, 0) is 31.2 Å². The molecule has 0 radical (unpaired) electrons. The molecule has 1 amide bonds. The predicted molar refractivity (Wildman–Crippen MR) is 126 cm³/mol. The van der Waals surface area contributed by atoms with Crippen LogP contribution in [-0.2, 0) is 9.53 Å².